The first kappa shape index (κ1) is 18.3. The number of carbonyl (C=O) groups excluding carboxylic acids is 1. The van der Waals surface area contributed by atoms with E-state index in [0.29, 0.717) is 12.5 Å². The summed E-state index contributed by atoms with van der Waals surface area (Å²) in [6.07, 6.45) is 0. The fourth-order valence-electron chi connectivity index (χ4n) is 1.70. The molecule has 0 amide bonds. The van der Waals surface area contributed by atoms with Crippen LogP contribution in [-0.4, -0.2) is 40.3 Å². The van der Waals surface area contributed by atoms with Crippen LogP contribution in [0.15, 0.2) is 18.2 Å². The maximum atomic E-state index is 12.8. The molecule has 1 N–H and O–H groups in total. The van der Waals surface area contributed by atoms with Crippen molar-refractivity contribution >= 4 is 16.0 Å². The van der Waals surface area contributed by atoms with E-state index < -0.39 is 27.7 Å². The molecule has 9 heteroatoms. The summed E-state index contributed by atoms with van der Waals surface area (Å²) in [5.74, 6) is -5.02. The second-order valence-electron chi connectivity index (χ2n) is 4.68. The Kier molecular flexibility index (Phi) is 5.84. The molecule has 0 aliphatic rings. The molecule has 1 aromatic carbocycles. The number of hydrogen-bond donors (Lipinski definition) is 1. The quantitative estimate of drug-likeness (QED) is 0.764. The predicted molar refractivity (Wildman–Crippen MR) is 75.6 cm³/mol. The molecule has 0 aliphatic carbocycles. The third-order valence-corrected chi connectivity index (χ3v) is 4.08. The number of ether oxygens (including phenoxy) is 2. The van der Waals surface area contributed by atoms with Crippen LogP contribution in [0.25, 0.3) is 0 Å². The highest BCUT2D eigenvalue weighted by Gasteiger charge is 2.29. The van der Waals surface area contributed by atoms with Gasteiger partial charge in [0.1, 0.15) is 17.1 Å². The van der Waals surface area contributed by atoms with Crippen molar-refractivity contribution in [2.75, 3.05) is 20.0 Å². The molecule has 0 aromatic heterocycles. The molecule has 1 aromatic rings. The number of alkyl halides is 2. The lowest BCUT2D eigenvalue weighted by Gasteiger charge is -2.13. The van der Waals surface area contributed by atoms with Gasteiger partial charge < -0.3 is 9.47 Å². The van der Waals surface area contributed by atoms with Crippen LogP contribution < -0.4 is 9.46 Å². The Labute approximate surface area is 127 Å². The Morgan fingerprint density at radius 1 is 1.32 bits per heavy atom. The van der Waals surface area contributed by atoms with Gasteiger partial charge >= 0.3 is 5.97 Å². The third kappa shape index (κ3) is 5.57. The summed E-state index contributed by atoms with van der Waals surface area (Å²) in [6.45, 7) is 0.330. The molecule has 22 heavy (non-hydrogen) atoms. The van der Waals surface area contributed by atoms with Gasteiger partial charge in [-0.25, -0.2) is 26.7 Å². The minimum absolute atomic E-state index is 0.177. The van der Waals surface area contributed by atoms with Gasteiger partial charge in [-0.2, -0.15) is 0 Å². The van der Waals surface area contributed by atoms with Crippen molar-refractivity contribution in [2.24, 2.45) is 0 Å². The Hall–Kier alpha value is -1.74. The van der Waals surface area contributed by atoms with Crippen molar-refractivity contribution in [1.29, 1.82) is 0 Å². The average molecular weight is 337 g/mol. The summed E-state index contributed by atoms with van der Waals surface area (Å²) in [6, 6.07) is 4.31. The normalized spacial score (nSPS) is 12.0. The lowest BCUT2D eigenvalue weighted by Crippen LogP contribution is -2.33. The number of hydrogen-bond acceptors (Lipinski definition) is 5. The number of nitrogens with one attached hydrogen (secondary N) is 1. The van der Waals surface area contributed by atoms with Crippen LogP contribution >= 0.6 is 0 Å². The van der Waals surface area contributed by atoms with Crippen molar-refractivity contribution < 1.29 is 31.5 Å². The Balaban J connectivity index is 2.86. The molecule has 0 spiro atoms. The van der Waals surface area contributed by atoms with Gasteiger partial charge in [-0.05, 0) is 17.7 Å². The number of sulfonamides is 1. The molecule has 0 bridgehead atoms. The van der Waals surface area contributed by atoms with Crippen molar-refractivity contribution in [3.05, 3.63) is 29.3 Å². The maximum absolute atomic E-state index is 12.8. The maximum Gasteiger partial charge on any atom is 0.341 e. The first-order valence-electron chi connectivity index (χ1n) is 6.18. The van der Waals surface area contributed by atoms with Crippen LogP contribution in [-0.2, 0) is 21.3 Å². The van der Waals surface area contributed by atoms with E-state index in [9.17, 15) is 22.0 Å². The molecule has 0 aliphatic heterocycles. The van der Waals surface area contributed by atoms with Gasteiger partial charge in [0, 0.05) is 13.5 Å². The van der Waals surface area contributed by atoms with E-state index in [1.165, 1.54) is 32.4 Å². The van der Waals surface area contributed by atoms with Crippen LogP contribution in [0, 0.1) is 0 Å². The monoisotopic (exact) mass is 337 g/mol. The highest BCUT2D eigenvalue weighted by Crippen LogP contribution is 2.21. The Bertz CT molecular complexity index is 640. The highest BCUT2D eigenvalue weighted by molar-refractivity contribution is 7.89. The van der Waals surface area contributed by atoms with E-state index in [-0.39, 0.29) is 17.9 Å². The average Bonchev–Trinajstić information content (AvgIpc) is 2.41. The molecule has 0 saturated heterocycles. The predicted octanol–water partition coefficient (Wildman–Crippen LogP) is 1.56. The standard InChI is InChI=1S/C13H17F2NO5S/c1-13(14,15)8-22(18,19)16-7-9-4-5-10(12(17)21-3)11(6-9)20-2/h4-6,16H,7-8H2,1-3H3. The molecule has 0 unspecified atom stereocenters. The molecule has 0 saturated carbocycles. The first-order chi connectivity index (χ1) is 10.1. The largest absolute Gasteiger partial charge is 0.496 e. The molecule has 0 radical (unpaired) electrons. The zero-order valence-corrected chi connectivity index (χ0v) is 13.2. The van der Waals surface area contributed by atoms with Gasteiger partial charge in [0.2, 0.25) is 10.0 Å². The number of carbonyl (C=O) groups is 1. The lowest BCUT2D eigenvalue weighted by atomic mass is 10.1. The number of halogens is 2. The van der Waals surface area contributed by atoms with Crippen LogP contribution in [0.4, 0.5) is 8.78 Å². The molecule has 0 heterocycles. The summed E-state index contributed by atoms with van der Waals surface area (Å²) >= 11 is 0. The van der Waals surface area contributed by atoms with Crippen molar-refractivity contribution in [1.82, 2.24) is 4.72 Å². The molecule has 0 fully saturated rings. The minimum atomic E-state index is -4.12. The Morgan fingerprint density at radius 3 is 2.45 bits per heavy atom. The second kappa shape index (κ2) is 7.01. The van der Waals surface area contributed by atoms with Gasteiger partial charge in [-0.1, -0.05) is 6.07 Å². The van der Waals surface area contributed by atoms with E-state index in [1.807, 2.05) is 0 Å². The third-order valence-electron chi connectivity index (χ3n) is 2.61. The summed E-state index contributed by atoms with van der Waals surface area (Å²) in [7, 11) is -1.56. The number of methoxy groups -OCH3 is 2. The van der Waals surface area contributed by atoms with Gasteiger partial charge in [0.15, 0.2) is 0 Å². The van der Waals surface area contributed by atoms with Crippen LogP contribution in [0.2, 0.25) is 0 Å². The molecule has 6 nitrogen and oxygen atoms in total. The van der Waals surface area contributed by atoms with Crippen molar-refractivity contribution in [2.45, 2.75) is 19.4 Å². The van der Waals surface area contributed by atoms with E-state index in [1.54, 1.807) is 0 Å². The Morgan fingerprint density at radius 2 is 1.95 bits per heavy atom. The van der Waals surface area contributed by atoms with E-state index in [4.69, 9.17) is 4.74 Å². The SMILES string of the molecule is COC(=O)c1ccc(CNS(=O)(=O)CC(C)(F)F)cc1OC. The highest BCUT2D eigenvalue weighted by atomic mass is 32.2. The smallest absolute Gasteiger partial charge is 0.341 e. The van der Waals surface area contributed by atoms with E-state index >= 15 is 0 Å². The van der Waals surface area contributed by atoms with Crippen LogP contribution in [0.1, 0.15) is 22.8 Å². The number of esters is 1. The zero-order chi connectivity index (χ0) is 17.0. The molecule has 124 valence electrons. The van der Waals surface area contributed by atoms with Gasteiger partial charge in [0.25, 0.3) is 5.92 Å². The summed E-state index contributed by atoms with van der Waals surface area (Å²) in [5, 5.41) is 0. The van der Waals surface area contributed by atoms with Gasteiger partial charge in [0.05, 0.1) is 14.2 Å². The fraction of sp³-hybridized carbons (Fsp3) is 0.462. The van der Waals surface area contributed by atoms with Gasteiger partial charge in [-0.3, -0.25) is 0 Å². The number of benzene rings is 1. The topological polar surface area (TPSA) is 81.7 Å². The van der Waals surface area contributed by atoms with Crippen LogP contribution in [0.3, 0.4) is 0 Å². The summed E-state index contributed by atoms with van der Waals surface area (Å²) in [4.78, 5) is 11.5. The van der Waals surface area contributed by atoms with E-state index in [0.717, 1.165) is 0 Å². The second-order valence-corrected chi connectivity index (χ2v) is 6.48. The van der Waals surface area contributed by atoms with Crippen molar-refractivity contribution in [3.63, 3.8) is 0 Å². The first-order valence-corrected chi connectivity index (χ1v) is 7.83. The lowest BCUT2D eigenvalue weighted by molar-refractivity contribution is 0.0470. The van der Waals surface area contributed by atoms with Gasteiger partial charge in [-0.15, -0.1) is 0 Å². The van der Waals surface area contributed by atoms with Crippen LogP contribution in [0.5, 0.6) is 5.75 Å². The minimum Gasteiger partial charge on any atom is -0.496 e. The number of rotatable bonds is 7. The van der Waals surface area contributed by atoms with E-state index in [2.05, 4.69) is 9.46 Å². The molecular formula is C13H17F2NO5S. The summed E-state index contributed by atoms with van der Waals surface area (Å²) in [5.41, 5.74) is 0.629. The molecular weight excluding hydrogens is 320 g/mol. The zero-order valence-electron chi connectivity index (χ0n) is 12.4. The van der Waals surface area contributed by atoms with Crippen molar-refractivity contribution in [3.8, 4) is 5.75 Å². The molecule has 1 rings (SSSR count). The summed E-state index contributed by atoms with van der Waals surface area (Å²) < 4.78 is 60.2. The molecule has 0 atom stereocenters. The fourth-order valence-corrected chi connectivity index (χ4v) is 2.86.